The number of fused-ring (bicyclic) bond motifs is 2. The molecule has 1 fully saturated rings. The lowest BCUT2D eigenvalue weighted by Crippen LogP contribution is -2.27. The summed E-state index contributed by atoms with van der Waals surface area (Å²) in [6.07, 6.45) is 2.19. The number of likely N-dealkylation sites (tertiary alicyclic amines) is 1. The molecule has 1 saturated heterocycles. The van der Waals surface area contributed by atoms with Crippen LogP contribution in [0.3, 0.4) is 0 Å². The van der Waals surface area contributed by atoms with Gasteiger partial charge in [0.2, 0.25) is 0 Å². The summed E-state index contributed by atoms with van der Waals surface area (Å²) >= 11 is 0. The zero-order valence-electron chi connectivity index (χ0n) is 15.8. The first kappa shape index (κ1) is 17.0. The minimum Gasteiger partial charge on any atom is -0.496 e. The highest BCUT2D eigenvalue weighted by atomic mass is 16.5. The van der Waals surface area contributed by atoms with Gasteiger partial charge < -0.3 is 19.7 Å². The van der Waals surface area contributed by atoms with Crippen LogP contribution >= 0.6 is 0 Å². The molecular formula is C22H26N2O2. The fraction of sp³-hybridized carbons (Fsp3) is 0.364. The molecule has 0 amide bonds. The standard InChI is InChI=1S/C22H26N2O2/c1-4-26-16-8-9-17-19(14-16)23-18-6-5-7-20(25-3)22(18)21(17)15-10-12-24(2)13-11-15/h5-9,14,23H,4,10-13H2,1-3H3. The van der Waals surface area contributed by atoms with E-state index in [9.17, 15) is 0 Å². The first-order valence-corrected chi connectivity index (χ1v) is 9.33. The molecule has 1 N–H and O–H groups in total. The average molecular weight is 350 g/mol. The minimum atomic E-state index is 0.670. The fourth-order valence-corrected chi connectivity index (χ4v) is 3.95. The Morgan fingerprint density at radius 1 is 1.08 bits per heavy atom. The second-order valence-corrected chi connectivity index (χ2v) is 6.93. The number of methoxy groups -OCH3 is 1. The molecule has 0 aromatic heterocycles. The summed E-state index contributed by atoms with van der Waals surface area (Å²) in [6.45, 7) is 4.88. The van der Waals surface area contributed by atoms with E-state index in [2.05, 4.69) is 47.6 Å². The maximum Gasteiger partial charge on any atom is 0.128 e. The normalized spacial score (nSPS) is 16.6. The molecule has 136 valence electrons. The molecule has 26 heavy (non-hydrogen) atoms. The van der Waals surface area contributed by atoms with Gasteiger partial charge in [0.15, 0.2) is 0 Å². The van der Waals surface area contributed by atoms with Crippen molar-refractivity contribution in [2.24, 2.45) is 0 Å². The van der Waals surface area contributed by atoms with Gasteiger partial charge in [-0.1, -0.05) is 11.6 Å². The summed E-state index contributed by atoms with van der Waals surface area (Å²) < 4.78 is 11.4. The highest BCUT2D eigenvalue weighted by Crippen LogP contribution is 2.48. The molecule has 2 aliphatic rings. The zero-order chi connectivity index (χ0) is 18.1. The van der Waals surface area contributed by atoms with Crippen LogP contribution in [-0.2, 0) is 0 Å². The number of nitrogens with one attached hydrogen (secondary N) is 1. The van der Waals surface area contributed by atoms with Crippen molar-refractivity contribution in [1.29, 1.82) is 0 Å². The Kier molecular flexibility index (Phi) is 4.60. The molecule has 4 nitrogen and oxygen atoms in total. The minimum absolute atomic E-state index is 0.670. The zero-order valence-corrected chi connectivity index (χ0v) is 15.8. The molecule has 0 aliphatic carbocycles. The third-order valence-corrected chi connectivity index (χ3v) is 5.28. The summed E-state index contributed by atoms with van der Waals surface area (Å²) in [5, 5.41) is 3.59. The van der Waals surface area contributed by atoms with Crippen LogP contribution in [0.2, 0.25) is 0 Å². The van der Waals surface area contributed by atoms with Crippen molar-refractivity contribution < 1.29 is 9.47 Å². The second kappa shape index (κ2) is 7.04. The van der Waals surface area contributed by atoms with E-state index in [1.165, 1.54) is 22.3 Å². The fourth-order valence-electron chi connectivity index (χ4n) is 3.95. The Morgan fingerprint density at radius 2 is 1.88 bits per heavy atom. The molecule has 4 rings (SSSR count). The second-order valence-electron chi connectivity index (χ2n) is 6.93. The van der Waals surface area contributed by atoms with Crippen LogP contribution in [0.25, 0.3) is 5.57 Å². The Bertz CT molecular complexity index is 847. The van der Waals surface area contributed by atoms with Gasteiger partial charge in [0.05, 0.1) is 25.1 Å². The van der Waals surface area contributed by atoms with E-state index < -0.39 is 0 Å². The molecule has 0 spiro atoms. The molecule has 0 bridgehead atoms. The van der Waals surface area contributed by atoms with Gasteiger partial charge in [-0.05, 0) is 56.7 Å². The van der Waals surface area contributed by atoms with Crippen molar-refractivity contribution in [3.8, 4) is 11.5 Å². The number of piperidine rings is 1. The van der Waals surface area contributed by atoms with Crippen molar-refractivity contribution in [1.82, 2.24) is 4.90 Å². The lowest BCUT2D eigenvalue weighted by atomic mass is 9.84. The van der Waals surface area contributed by atoms with Crippen LogP contribution in [0.4, 0.5) is 11.4 Å². The summed E-state index contributed by atoms with van der Waals surface area (Å²) in [6, 6.07) is 12.6. The number of rotatable bonds is 3. The van der Waals surface area contributed by atoms with Gasteiger partial charge >= 0.3 is 0 Å². The highest BCUT2D eigenvalue weighted by molar-refractivity contribution is 6.00. The number of anilines is 2. The van der Waals surface area contributed by atoms with E-state index >= 15 is 0 Å². The van der Waals surface area contributed by atoms with E-state index in [1.807, 2.05) is 13.0 Å². The molecule has 0 unspecified atom stereocenters. The van der Waals surface area contributed by atoms with Crippen molar-refractivity contribution >= 4 is 16.9 Å². The molecule has 2 heterocycles. The van der Waals surface area contributed by atoms with Gasteiger partial charge in [-0.15, -0.1) is 0 Å². The lowest BCUT2D eigenvalue weighted by molar-refractivity contribution is 0.313. The smallest absolute Gasteiger partial charge is 0.128 e. The Hall–Kier alpha value is -2.46. The number of ether oxygens (including phenoxy) is 2. The van der Waals surface area contributed by atoms with Crippen molar-refractivity contribution in [3.63, 3.8) is 0 Å². The van der Waals surface area contributed by atoms with E-state index in [4.69, 9.17) is 9.47 Å². The first-order chi connectivity index (χ1) is 12.7. The predicted octanol–water partition coefficient (Wildman–Crippen LogP) is 4.68. The van der Waals surface area contributed by atoms with Gasteiger partial charge in [0.25, 0.3) is 0 Å². The van der Waals surface area contributed by atoms with Gasteiger partial charge in [0.1, 0.15) is 11.5 Å². The van der Waals surface area contributed by atoms with Gasteiger partial charge in [-0.3, -0.25) is 0 Å². The highest BCUT2D eigenvalue weighted by Gasteiger charge is 2.27. The Labute approximate surface area is 155 Å². The lowest BCUT2D eigenvalue weighted by Gasteiger charge is -2.31. The topological polar surface area (TPSA) is 33.7 Å². The number of hydrogen-bond donors (Lipinski definition) is 1. The number of benzene rings is 2. The first-order valence-electron chi connectivity index (χ1n) is 9.33. The molecular weight excluding hydrogens is 324 g/mol. The quantitative estimate of drug-likeness (QED) is 0.744. The van der Waals surface area contributed by atoms with Crippen molar-refractivity contribution in [2.75, 3.05) is 39.2 Å². The molecule has 0 radical (unpaired) electrons. The predicted molar refractivity (Wildman–Crippen MR) is 107 cm³/mol. The van der Waals surface area contributed by atoms with Crippen molar-refractivity contribution in [3.05, 3.63) is 53.1 Å². The maximum absolute atomic E-state index is 5.72. The number of nitrogens with zero attached hydrogens (tertiary/aromatic N) is 1. The molecule has 2 aromatic carbocycles. The monoisotopic (exact) mass is 350 g/mol. The van der Waals surface area contributed by atoms with Gasteiger partial charge in [-0.2, -0.15) is 0 Å². The molecule has 4 heteroatoms. The summed E-state index contributed by atoms with van der Waals surface area (Å²) in [4.78, 5) is 2.40. The van der Waals surface area contributed by atoms with E-state index in [0.29, 0.717) is 6.61 Å². The van der Waals surface area contributed by atoms with Crippen LogP contribution in [0.1, 0.15) is 30.9 Å². The third-order valence-electron chi connectivity index (χ3n) is 5.28. The summed E-state index contributed by atoms with van der Waals surface area (Å²) in [5.41, 5.74) is 7.49. The molecule has 2 aromatic rings. The van der Waals surface area contributed by atoms with Crippen molar-refractivity contribution in [2.45, 2.75) is 19.8 Å². The Morgan fingerprint density at radius 3 is 2.62 bits per heavy atom. The summed E-state index contributed by atoms with van der Waals surface area (Å²) in [7, 11) is 3.95. The third kappa shape index (κ3) is 2.95. The largest absolute Gasteiger partial charge is 0.496 e. The van der Waals surface area contributed by atoms with Crippen LogP contribution < -0.4 is 14.8 Å². The molecule has 0 atom stereocenters. The van der Waals surface area contributed by atoms with E-state index in [1.54, 1.807) is 7.11 Å². The molecule has 2 aliphatic heterocycles. The van der Waals surface area contributed by atoms with E-state index in [-0.39, 0.29) is 0 Å². The van der Waals surface area contributed by atoms with Crippen LogP contribution in [0.5, 0.6) is 11.5 Å². The SMILES string of the molecule is CCOc1ccc2c(c1)Nc1cccc(OC)c1C2=C1CCN(C)CC1. The van der Waals surface area contributed by atoms with E-state index in [0.717, 1.165) is 48.8 Å². The van der Waals surface area contributed by atoms with Gasteiger partial charge in [-0.25, -0.2) is 0 Å². The summed E-state index contributed by atoms with van der Waals surface area (Å²) in [5.74, 6) is 1.83. The average Bonchev–Trinajstić information content (AvgIpc) is 2.66. The maximum atomic E-state index is 5.72. The number of hydrogen-bond acceptors (Lipinski definition) is 4. The van der Waals surface area contributed by atoms with Crippen LogP contribution in [0, 0.1) is 0 Å². The van der Waals surface area contributed by atoms with Gasteiger partial charge in [0, 0.05) is 30.3 Å². The molecule has 0 saturated carbocycles. The van der Waals surface area contributed by atoms with Crippen LogP contribution in [0.15, 0.2) is 42.0 Å². The van der Waals surface area contributed by atoms with Crippen LogP contribution in [-0.4, -0.2) is 38.8 Å². The Balaban J connectivity index is 1.90.